The molecular formula is C12H18BrN3. The standard InChI is InChI=1S/C12H18BrN3/c1-2-9-10(13)11(14)16-12(15-9)8-6-4-3-5-7-8/h8H,2-7H2,1H3,(H2,14,15,16). The average molecular weight is 284 g/mol. The van der Waals surface area contributed by atoms with Gasteiger partial charge in [-0.15, -0.1) is 0 Å². The number of halogens is 1. The van der Waals surface area contributed by atoms with Crippen LogP contribution in [0.4, 0.5) is 5.82 Å². The molecule has 1 aliphatic carbocycles. The van der Waals surface area contributed by atoms with Crippen LogP contribution < -0.4 is 5.73 Å². The SMILES string of the molecule is CCc1nc(C2CCCCC2)nc(N)c1Br. The van der Waals surface area contributed by atoms with Crippen molar-refractivity contribution in [1.29, 1.82) is 0 Å². The Hall–Kier alpha value is -0.640. The van der Waals surface area contributed by atoms with E-state index in [1.807, 2.05) is 0 Å². The van der Waals surface area contributed by atoms with Crippen LogP contribution in [0.1, 0.15) is 56.5 Å². The van der Waals surface area contributed by atoms with Crippen molar-refractivity contribution in [2.75, 3.05) is 5.73 Å². The van der Waals surface area contributed by atoms with Crippen molar-refractivity contribution in [3.8, 4) is 0 Å². The van der Waals surface area contributed by atoms with Gasteiger partial charge < -0.3 is 5.73 Å². The average Bonchev–Trinajstić information content (AvgIpc) is 2.33. The minimum Gasteiger partial charge on any atom is -0.383 e. The molecule has 0 amide bonds. The number of nitrogen functional groups attached to an aromatic ring is 1. The smallest absolute Gasteiger partial charge is 0.141 e. The van der Waals surface area contributed by atoms with E-state index in [1.165, 1.54) is 32.1 Å². The zero-order valence-corrected chi connectivity index (χ0v) is 11.3. The Balaban J connectivity index is 2.29. The highest BCUT2D eigenvalue weighted by atomic mass is 79.9. The summed E-state index contributed by atoms with van der Waals surface area (Å²) in [6.45, 7) is 2.09. The van der Waals surface area contributed by atoms with Gasteiger partial charge in [-0.25, -0.2) is 9.97 Å². The highest BCUT2D eigenvalue weighted by Gasteiger charge is 2.20. The van der Waals surface area contributed by atoms with Crippen molar-refractivity contribution in [2.45, 2.75) is 51.4 Å². The van der Waals surface area contributed by atoms with Crippen LogP contribution in [-0.4, -0.2) is 9.97 Å². The van der Waals surface area contributed by atoms with Crippen molar-refractivity contribution in [2.24, 2.45) is 0 Å². The Bertz CT molecular complexity index is 373. The van der Waals surface area contributed by atoms with Gasteiger partial charge >= 0.3 is 0 Å². The van der Waals surface area contributed by atoms with Crippen LogP contribution in [-0.2, 0) is 6.42 Å². The van der Waals surface area contributed by atoms with Crippen LogP contribution in [0.2, 0.25) is 0 Å². The summed E-state index contributed by atoms with van der Waals surface area (Å²) >= 11 is 3.45. The third-order valence-electron chi connectivity index (χ3n) is 3.27. The lowest BCUT2D eigenvalue weighted by molar-refractivity contribution is 0.428. The van der Waals surface area contributed by atoms with Crippen LogP contribution in [0.5, 0.6) is 0 Å². The van der Waals surface area contributed by atoms with Crippen LogP contribution in [0, 0.1) is 0 Å². The minimum atomic E-state index is 0.523. The number of aromatic nitrogens is 2. The number of aryl methyl sites for hydroxylation is 1. The first-order chi connectivity index (χ1) is 7.72. The molecule has 0 unspecified atom stereocenters. The van der Waals surface area contributed by atoms with Crippen molar-refractivity contribution in [3.63, 3.8) is 0 Å². The van der Waals surface area contributed by atoms with Crippen LogP contribution >= 0.6 is 15.9 Å². The third-order valence-corrected chi connectivity index (χ3v) is 4.13. The molecule has 0 spiro atoms. The van der Waals surface area contributed by atoms with E-state index >= 15 is 0 Å². The maximum atomic E-state index is 5.91. The summed E-state index contributed by atoms with van der Waals surface area (Å²) < 4.78 is 0.870. The Morgan fingerprint density at radius 2 is 1.94 bits per heavy atom. The molecule has 1 saturated carbocycles. The summed E-state index contributed by atoms with van der Waals surface area (Å²) in [6.07, 6.45) is 7.27. The van der Waals surface area contributed by atoms with Crippen LogP contribution in [0.15, 0.2) is 4.47 Å². The monoisotopic (exact) mass is 283 g/mol. The molecule has 0 bridgehead atoms. The van der Waals surface area contributed by atoms with Gasteiger partial charge in [-0.1, -0.05) is 26.2 Å². The van der Waals surface area contributed by atoms with Gasteiger partial charge in [0.2, 0.25) is 0 Å². The van der Waals surface area contributed by atoms with Gasteiger partial charge in [0.05, 0.1) is 10.2 Å². The number of hydrogen-bond acceptors (Lipinski definition) is 3. The molecule has 2 N–H and O–H groups in total. The lowest BCUT2D eigenvalue weighted by atomic mass is 9.88. The largest absolute Gasteiger partial charge is 0.383 e. The molecule has 0 radical (unpaired) electrons. The van der Waals surface area contributed by atoms with Crippen LogP contribution in [0.25, 0.3) is 0 Å². The highest BCUT2D eigenvalue weighted by Crippen LogP contribution is 2.32. The lowest BCUT2D eigenvalue weighted by Crippen LogP contribution is -2.12. The molecule has 2 rings (SSSR count). The zero-order chi connectivity index (χ0) is 11.5. The summed E-state index contributed by atoms with van der Waals surface area (Å²) in [5.41, 5.74) is 6.94. The molecule has 1 aromatic rings. The van der Waals surface area contributed by atoms with E-state index in [2.05, 4.69) is 32.8 Å². The lowest BCUT2D eigenvalue weighted by Gasteiger charge is -2.21. The van der Waals surface area contributed by atoms with Crippen molar-refractivity contribution in [3.05, 3.63) is 16.0 Å². The van der Waals surface area contributed by atoms with E-state index in [-0.39, 0.29) is 0 Å². The molecule has 1 aromatic heterocycles. The summed E-state index contributed by atoms with van der Waals surface area (Å²) in [5.74, 6) is 2.07. The molecule has 0 aliphatic heterocycles. The predicted molar refractivity (Wildman–Crippen MR) is 69.3 cm³/mol. The molecule has 0 aromatic carbocycles. The van der Waals surface area contributed by atoms with E-state index in [1.54, 1.807) is 0 Å². The van der Waals surface area contributed by atoms with Gasteiger partial charge in [0.25, 0.3) is 0 Å². The molecule has 88 valence electrons. The fraction of sp³-hybridized carbons (Fsp3) is 0.667. The number of nitrogens with zero attached hydrogens (tertiary/aromatic N) is 2. The summed E-state index contributed by atoms with van der Waals surface area (Å²) in [7, 11) is 0. The van der Waals surface area contributed by atoms with Gasteiger partial charge in [0.1, 0.15) is 11.6 Å². The van der Waals surface area contributed by atoms with E-state index in [0.29, 0.717) is 11.7 Å². The Kier molecular flexibility index (Phi) is 3.79. The first-order valence-electron chi connectivity index (χ1n) is 6.04. The molecule has 4 heteroatoms. The van der Waals surface area contributed by atoms with E-state index in [4.69, 9.17) is 5.73 Å². The maximum absolute atomic E-state index is 5.91. The summed E-state index contributed by atoms with van der Waals surface area (Å²) in [6, 6.07) is 0. The van der Waals surface area contributed by atoms with Gasteiger partial charge in [-0.3, -0.25) is 0 Å². The van der Waals surface area contributed by atoms with Gasteiger partial charge in [-0.05, 0) is 35.2 Å². The molecule has 0 atom stereocenters. The quantitative estimate of drug-likeness (QED) is 0.905. The first-order valence-corrected chi connectivity index (χ1v) is 6.83. The summed E-state index contributed by atoms with van der Waals surface area (Å²) in [4.78, 5) is 9.06. The fourth-order valence-corrected chi connectivity index (χ4v) is 2.77. The zero-order valence-electron chi connectivity index (χ0n) is 9.67. The molecule has 1 heterocycles. The number of nitrogens with two attached hydrogens (primary N) is 1. The van der Waals surface area contributed by atoms with Gasteiger partial charge in [0, 0.05) is 5.92 Å². The van der Waals surface area contributed by atoms with E-state index in [9.17, 15) is 0 Å². The second kappa shape index (κ2) is 5.13. The fourth-order valence-electron chi connectivity index (χ4n) is 2.31. The highest BCUT2D eigenvalue weighted by molar-refractivity contribution is 9.10. The van der Waals surface area contributed by atoms with E-state index in [0.717, 1.165) is 22.4 Å². The van der Waals surface area contributed by atoms with Gasteiger partial charge in [0.15, 0.2) is 0 Å². The predicted octanol–water partition coefficient (Wildman–Crippen LogP) is 3.43. The molecule has 1 aliphatic rings. The normalized spacial score (nSPS) is 17.6. The van der Waals surface area contributed by atoms with Crippen molar-refractivity contribution in [1.82, 2.24) is 9.97 Å². The van der Waals surface area contributed by atoms with E-state index < -0.39 is 0 Å². The Morgan fingerprint density at radius 1 is 1.25 bits per heavy atom. The van der Waals surface area contributed by atoms with Crippen LogP contribution in [0.3, 0.4) is 0 Å². The molecule has 0 saturated heterocycles. The molecule has 16 heavy (non-hydrogen) atoms. The van der Waals surface area contributed by atoms with Gasteiger partial charge in [-0.2, -0.15) is 0 Å². The topological polar surface area (TPSA) is 51.8 Å². The number of hydrogen-bond donors (Lipinski definition) is 1. The van der Waals surface area contributed by atoms with Crippen molar-refractivity contribution < 1.29 is 0 Å². The van der Waals surface area contributed by atoms with Crippen molar-refractivity contribution >= 4 is 21.7 Å². The molecule has 3 nitrogen and oxygen atoms in total. The number of rotatable bonds is 2. The molecule has 1 fully saturated rings. The second-order valence-corrected chi connectivity index (χ2v) is 5.21. The Labute approximate surface area is 105 Å². The third kappa shape index (κ3) is 2.37. The Morgan fingerprint density at radius 3 is 2.56 bits per heavy atom. The number of anilines is 1. The first kappa shape index (κ1) is 11.8. The summed E-state index contributed by atoms with van der Waals surface area (Å²) in [5, 5.41) is 0. The maximum Gasteiger partial charge on any atom is 0.141 e. The minimum absolute atomic E-state index is 0.523. The molecular weight excluding hydrogens is 266 g/mol. The second-order valence-electron chi connectivity index (χ2n) is 4.42.